The summed E-state index contributed by atoms with van der Waals surface area (Å²) in [5, 5.41) is 8.83. The Balaban J connectivity index is 0. The first-order valence-corrected chi connectivity index (χ1v) is 4.23. The molecule has 0 spiro atoms. The van der Waals surface area contributed by atoms with Crippen molar-refractivity contribution in [1.82, 2.24) is 0 Å². The monoisotopic (exact) mass is 163 g/mol. The lowest BCUT2D eigenvalue weighted by molar-refractivity contribution is 0.0140. The molecule has 1 aliphatic rings. The van der Waals surface area contributed by atoms with E-state index in [1.807, 2.05) is 13.8 Å². The van der Waals surface area contributed by atoms with Crippen LogP contribution in [0.1, 0.15) is 26.7 Å². The summed E-state index contributed by atoms with van der Waals surface area (Å²) in [5.74, 6) is 0. The zero-order valence-electron chi connectivity index (χ0n) is 7.84. The quantitative estimate of drug-likeness (QED) is 0.554. The summed E-state index contributed by atoms with van der Waals surface area (Å²) < 4.78 is 4.98. The van der Waals surface area contributed by atoms with Crippen LogP contribution in [0.15, 0.2) is 0 Å². The molecule has 0 aromatic rings. The Morgan fingerprint density at radius 1 is 1.18 bits per heavy atom. The van der Waals surface area contributed by atoms with Gasteiger partial charge in [-0.15, -0.1) is 0 Å². The molecule has 70 valence electrons. The van der Waals surface area contributed by atoms with Crippen molar-refractivity contribution in [1.29, 1.82) is 0 Å². The van der Waals surface area contributed by atoms with Crippen molar-refractivity contribution in [2.75, 3.05) is 20.3 Å². The zero-order valence-corrected chi connectivity index (χ0v) is 7.84. The minimum atomic E-state index is -0.0891. The number of hydrogen-bond acceptors (Lipinski definition) is 3. The number of rotatable bonds is 0. The second-order valence-electron chi connectivity index (χ2n) is 1.84. The van der Waals surface area contributed by atoms with Crippen molar-refractivity contribution in [3.05, 3.63) is 0 Å². The Kier molecular flexibility index (Phi) is 15.4. The molecule has 0 radical (unpaired) electrons. The van der Waals surface area contributed by atoms with Gasteiger partial charge in [0.2, 0.25) is 0 Å². The summed E-state index contributed by atoms with van der Waals surface area (Å²) in [5.41, 5.74) is 4.50. The second kappa shape index (κ2) is 12.5. The van der Waals surface area contributed by atoms with E-state index in [-0.39, 0.29) is 6.10 Å². The summed E-state index contributed by atoms with van der Waals surface area (Å²) in [7, 11) is 1.50. The third kappa shape index (κ3) is 9.88. The Hall–Kier alpha value is -0.120. The molecule has 11 heavy (non-hydrogen) atoms. The smallest absolute Gasteiger partial charge is 0.0584 e. The lowest BCUT2D eigenvalue weighted by atomic mass is 10.2. The topological polar surface area (TPSA) is 55.5 Å². The van der Waals surface area contributed by atoms with Gasteiger partial charge in [-0.25, -0.2) is 0 Å². The Morgan fingerprint density at radius 3 is 1.73 bits per heavy atom. The van der Waals surface area contributed by atoms with E-state index in [9.17, 15) is 0 Å². The average Bonchev–Trinajstić information content (AvgIpc) is 2.13. The van der Waals surface area contributed by atoms with Gasteiger partial charge < -0.3 is 15.6 Å². The zero-order chi connectivity index (χ0) is 9.11. The molecule has 1 aliphatic heterocycles. The molecule has 0 bridgehead atoms. The minimum Gasteiger partial charge on any atom is -0.393 e. The standard InChI is InChI=1S/C5H10O2.C2H6.CH5N/c6-5-1-3-7-4-2-5;2*1-2/h5-6H,1-4H2;1-2H3;2H2,1H3. The molecule has 1 rings (SSSR count). The number of ether oxygens (including phenoxy) is 1. The van der Waals surface area contributed by atoms with Crippen LogP contribution in [0, 0.1) is 0 Å². The maximum Gasteiger partial charge on any atom is 0.0584 e. The molecule has 3 nitrogen and oxygen atoms in total. The number of aliphatic hydroxyl groups excluding tert-OH is 1. The maximum atomic E-state index is 8.83. The molecule has 1 saturated heterocycles. The van der Waals surface area contributed by atoms with Gasteiger partial charge in [-0.05, 0) is 19.9 Å². The fraction of sp³-hybridized carbons (Fsp3) is 1.00. The molecule has 0 atom stereocenters. The fourth-order valence-electron chi connectivity index (χ4n) is 0.685. The molecule has 0 amide bonds. The fourth-order valence-corrected chi connectivity index (χ4v) is 0.685. The molecule has 0 unspecified atom stereocenters. The highest BCUT2D eigenvalue weighted by Crippen LogP contribution is 2.04. The molecule has 3 heteroatoms. The highest BCUT2D eigenvalue weighted by atomic mass is 16.5. The van der Waals surface area contributed by atoms with Gasteiger partial charge in [-0.1, -0.05) is 13.8 Å². The molecule has 1 fully saturated rings. The van der Waals surface area contributed by atoms with Crippen LogP contribution >= 0.6 is 0 Å². The van der Waals surface area contributed by atoms with Gasteiger partial charge in [0.25, 0.3) is 0 Å². The summed E-state index contributed by atoms with van der Waals surface area (Å²) >= 11 is 0. The van der Waals surface area contributed by atoms with Crippen molar-refractivity contribution in [3.8, 4) is 0 Å². The van der Waals surface area contributed by atoms with Crippen LogP contribution in [-0.2, 0) is 4.74 Å². The molecular weight excluding hydrogens is 142 g/mol. The Labute approximate surface area is 69.5 Å². The summed E-state index contributed by atoms with van der Waals surface area (Å²) in [4.78, 5) is 0. The van der Waals surface area contributed by atoms with Crippen LogP contribution in [0.25, 0.3) is 0 Å². The number of hydrogen-bond donors (Lipinski definition) is 2. The van der Waals surface area contributed by atoms with Crippen molar-refractivity contribution in [2.45, 2.75) is 32.8 Å². The first-order valence-electron chi connectivity index (χ1n) is 4.23. The van der Waals surface area contributed by atoms with Gasteiger partial charge in [0.05, 0.1) is 6.10 Å². The third-order valence-corrected chi connectivity index (χ3v) is 1.19. The van der Waals surface area contributed by atoms with E-state index in [4.69, 9.17) is 9.84 Å². The molecule has 0 aromatic heterocycles. The minimum absolute atomic E-state index is 0.0891. The maximum absolute atomic E-state index is 8.83. The predicted molar refractivity (Wildman–Crippen MR) is 47.5 cm³/mol. The van der Waals surface area contributed by atoms with Crippen LogP contribution in [-0.4, -0.2) is 31.5 Å². The van der Waals surface area contributed by atoms with Crippen LogP contribution < -0.4 is 5.73 Å². The van der Waals surface area contributed by atoms with Crippen molar-refractivity contribution in [3.63, 3.8) is 0 Å². The van der Waals surface area contributed by atoms with Gasteiger partial charge in [-0.3, -0.25) is 0 Å². The first-order chi connectivity index (χ1) is 5.39. The molecule has 0 aliphatic carbocycles. The molecule has 0 aromatic carbocycles. The molecular formula is C8H21NO2. The summed E-state index contributed by atoms with van der Waals surface area (Å²) in [6, 6.07) is 0. The van der Waals surface area contributed by atoms with Gasteiger partial charge in [-0.2, -0.15) is 0 Å². The first kappa shape index (κ1) is 13.5. The van der Waals surface area contributed by atoms with Crippen molar-refractivity contribution in [2.24, 2.45) is 5.73 Å². The van der Waals surface area contributed by atoms with E-state index in [0.717, 1.165) is 26.1 Å². The lowest BCUT2D eigenvalue weighted by Gasteiger charge is -2.15. The SMILES string of the molecule is CC.CN.OC1CCOCC1. The molecule has 3 N–H and O–H groups in total. The van der Waals surface area contributed by atoms with Crippen LogP contribution in [0.4, 0.5) is 0 Å². The summed E-state index contributed by atoms with van der Waals surface area (Å²) in [6.07, 6.45) is 1.55. The van der Waals surface area contributed by atoms with Crippen LogP contribution in [0.3, 0.4) is 0 Å². The highest BCUT2D eigenvalue weighted by Gasteiger charge is 2.07. The van der Waals surface area contributed by atoms with Gasteiger partial charge in [0, 0.05) is 13.2 Å². The Morgan fingerprint density at radius 2 is 1.55 bits per heavy atom. The predicted octanol–water partition coefficient (Wildman–Crippen LogP) is 0.759. The van der Waals surface area contributed by atoms with Crippen molar-refractivity contribution < 1.29 is 9.84 Å². The van der Waals surface area contributed by atoms with E-state index in [1.165, 1.54) is 7.05 Å². The second-order valence-corrected chi connectivity index (χ2v) is 1.84. The average molecular weight is 163 g/mol. The molecule has 1 heterocycles. The van der Waals surface area contributed by atoms with Crippen molar-refractivity contribution >= 4 is 0 Å². The van der Waals surface area contributed by atoms with Gasteiger partial charge in [0.1, 0.15) is 0 Å². The highest BCUT2D eigenvalue weighted by molar-refractivity contribution is 4.58. The van der Waals surface area contributed by atoms with Crippen LogP contribution in [0.2, 0.25) is 0 Å². The lowest BCUT2D eigenvalue weighted by Crippen LogP contribution is -2.19. The van der Waals surface area contributed by atoms with Gasteiger partial charge in [0.15, 0.2) is 0 Å². The van der Waals surface area contributed by atoms with E-state index in [1.54, 1.807) is 0 Å². The Bertz CT molecular complexity index is 54.1. The third-order valence-electron chi connectivity index (χ3n) is 1.19. The van der Waals surface area contributed by atoms with Gasteiger partial charge >= 0.3 is 0 Å². The molecule has 0 saturated carbocycles. The largest absolute Gasteiger partial charge is 0.393 e. The van der Waals surface area contributed by atoms with Crippen LogP contribution in [0.5, 0.6) is 0 Å². The van der Waals surface area contributed by atoms with E-state index < -0.39 is 0 Å². The van der Waals surface area contributed by atoms with E-state index >= 15 is 0 Å². The normalized spacial score (nSPS) is 17.2. The number of aliphatic hydroxyl groups is 1. The van der Waals surface area contributed by atoms with E-state index in [2.05, 4.69) is 5.73 Å². The summed E-state index contributed by atoms with van der Waals surface area (Å²) in [6.45, 7) is 5.47. The number of nitrogens with two attached hydrogens (primary N) is 1. The van der Waals surface area contributed by atoms with E-state index in [0.29, 0.717) is 0 Å².